The molecule has 82 valence electrons. The van der Waals surface area contributed by atoms with Gasteiger partial charge in [0.1, 0.15) is 0 Å². The van der Waals surface area contributed by atoms with Crippen LogP contribution in [-0.2, 0) is 4.74 Å². The molecule has 0 saturated carbocycles. The average molecular weight is 227 g/mol. The molecule has 1 rings (SSSR count). The van der Waals surface area contributed by atoms with Crippen molar-refractivity contribution in [2.45, 2.75) is 20.3 Å². The first-order chi connectivity index (χ1) is 7.15. The molecule has 1 atom stereocenters. The zero-order valence-electron chi connectivity index (χ0n) is 9.00. The maximum absolute atomic E-state index is 11.6. The van der Waals surface area contributed by atoms with Crippen molar-refractivity contribution in [3.05, 3.63) is 34.9 Å². The van der Waals surface area contributed by atoms with E-state index in [1.807, 2.05) is 6.92 Å². The zero-order chi connectivity index (χ0) is 11.3. The highest BCUT2D eigenvalue weighted by atomic mass is 35.5. The summed E-state index contributed by atoms with van der Waals surface area (Å²) in [5, 5.41) is 0.437. The molecule has 0 saturated heterocycles. The van der Waals surface area contributed by atoms with E-state index in [9.17, 15) is 4.79 Å². The lowest BCUT2D eigenvalue weighted by atomic mass is 10.1. The van der Waals surface area contributed by atoms with Gasteiger partial charge in [0.25, 0.3) is 0 Å². The fraction of sp³-hybridized carbons (Fsp3) is 0.417. The van der Waals surface area contributed by atoms with Crippen LogP contribution in [0.2, 0.25) is 5.02 Å². The summed E-state index contributed by atoms with van der Waals surface area (Å²) >= 11 is 5.87. The molecule has 0 aliphatic carbocycles. The lowest BCUT2D eigenvalue weighted by molar-refractivity contribution is 0.0447. The van der Waals surface area contributed by atoms with Gasteiger partial charge in [-0.3, -0.25) is 0 Å². The molecule has 0 fully saturated rings. The summed E-state index contributed by atoms with van der Waals surface area (Å²) in [6, 6.07) is 6.90. The van der Waals surface area contributed by atoms with E-state index in [4.69, 9.17) is 16.3 Å². The topological polar surface area (TPSA) is 26.3 Å². The number of rotatable bonds is 4. The monoisotopic (exact) mass is 226 g/mol. The van der Waals surface area contributed by atoms with Gasteiger partial charge in [0.15, 0.2) is 0 Å². The Morgan fingerprint density at radius 1 is 1.47 bits per heavy atom. The molecule has 2 nitrogen and oxygen atoms in total. The highest BCUT2D eigenvalue weighted by Crippen LogP contribution is 2.16. The van der Waals surface area contributed by atoms with Gasteiger partial charge in [-0.05, 0) is 18.1 Å². The predicted molar refractivity (Wildman–Crippen MR) is 61.2 cm³/mol. The number of carbonyl (C=O) groups is 1. The largest absolute Gasteiger partial charge is 0.462 e. The van der Waals surface area contributed by atoms with Crippen LogP contribution in [0.1, 0.15) is 30.6 Å². The van der Waals surface area contributed by atoms with Crippen molar-refractivity contribution in [3.63, 3.8) is 0 Å². The maximum Gasteiger partial charge on any atom is 0.339 e. The molecule has 0 bridgehead atoms. The second-order valence-corrected chi connectivity index (χ2v) is 4.00. The van der Waals surface area contributed by atoms with Crippen LogP contribution in [0, 0.1) is 5.92 Å². The molecule has 0 spiro atoms. The molecule has 0 aliphatic heterocycles. The molecule has 1 unspecified atom stereocenters. The Hall–Kier alpha value is -1.02. The van der Waals surface area contributed by atoms with Gasteiger partial charge < -0.3 is 4.74 Å². The fourth-order valence-electron chi connectivity index (χ4n) is 1.04. The van der Waals surface area contributed by atoms with Gasteiger partial charge in [-0.2, -0.15) is 0 Å². The van der Waals surface area contributed by atoms with Crippen LogP contribution in [0.4, 0.5) is 0 Å². The quantitative estimate of drug-likeness (QED) is 0.734. The Morgan fingerprint density at radius 2 is 2.13 bits per heavy atom. The van der Waals surface area contributed by atoms with Crippen molar-refractivity contribution in [3.8, 4) is 0 Å². The van der Waals surface area contributed by atoms with Crippen LogP contribution in [0.25, 0.3) is 0 Å². The number of hydrogen-bond donors (Lipinski definition) is 0. The normalized spacial score (nSPS) is 12.2. The predicted octanol–water partition coefficient (Wildman–Crippen LogP) is 3.54. The molecular formula is C12H15ClO2. The number of hydrogen-bond acceptors (Lipinski definition) is 2. The summed E-state index contributed by atoms with van der Waals surface area (Å²) < 4.78 is 5.14. The van der Waals surface area contributed by atoms with Crippen molar-refractivity contribution in [2.75, 3.05) is 6.61 Å². The van der Waals surface area contributed by atoms with Gasteiger partial charge in [0.2, 0.25) is 0 Å². The summed E-state index contributed by atoms with van der Waals surface area (Å²) in [6.07, 6.45) is 0.996. The minimum atomic E-state index is -0.346. The standard InChI is InChI=1S/C12H15ClO2/c1-3-9(2)8-15-12(14)10-6-4-5-7-11(10)13/h4-7,9H,3,8H2,1-2H3. The van der Waals surface area contributed by atoms with Gasteiger partial charge in [0.05, 0.1) is 17.2 Å². The molecule has 15 heavy (non-hydrogen) atoms. The third kappa shape index (κ3) is 3.56. The number of carbonyl (C=O) groups excluding carboxylic acids is 1. The van der Waals surface area contributed by atoms with Crippen molar-refractivity contribution < 1.29 is 9.53 Å². The van der Waals surface area contributed by atoms with Crippen LogP contribution < -0.4 is 0 Å². The van der Waals surface area contributed by atoms with Crippen molar-refractivity contribution in [1.82, 2.24) is 0 Å². The Bertz CT molecular complexity index is 336. The number of esters is 1. The average Bonchev–Trinajstić information content (AvgIpc) is 2.26. The van der Waals surface area contributed by atoms with Crippen LogP contribution >= 0.6 is 11.6 Å². The Labute approximate surface area is 95.2 Å². The maximum atomic E-state index is 11.6. The van der Waals surface area contributed by atoms with E-state index in [1.54, 1.807) is 24.3 Å². The van der Waals surface area contributed by atoms with Crippen LogP contribution in [0.15, 0.2) is 24.3 Å². The lowest BCUT2D eigenvalue weighted by Gasteiger charge is -2.10. The van der Waals surface area contributed by atoms with Crippen molar-refractivity contribution in [1.29, 1.82) is 0 Å². The van der Waals surface area contributed by atoms with Gasteiger partial charge >= 0.3 is 5.97 Å². The van der Waals surface area contributed by atoms with Gasteiger partial charge in [-0.15, -0.1) is 0 Å². The Morgan fingerprint density at radius 3 is 2.73 bits per heavy atom. The van der Waals surface area contributed by atoms with E-state index in [0.29, 0.717) is 23.1 Å². The summed E-state index contributed by atoms with van der Waals surface area (Å²) in [7, 11) is 0. The number of ether oxygens (including phenoxy) is 1. The van der Waals surface area contributed by atoms with E-state index in [-0.39, 0.29) is 5.97 Å². The molecular weight excluding hydrogens is 212 g/mol. The minimum absolute atomic E-state index is 0.346. The first kappa shape index (κ1) is 12.1. The summed E-state index contributed by atoms with van der Waals surface area (Å²) in [6.45, 7) is 4.55. The Balaban J connectivity index is 2.58. The summed E-state index contributed by atoms with van der Waals surface area (Å²) in [5.41, 5.74) is 0.433. The lowest BCUT2D eigenvalue weighted by Crippen LogP contribution is -2.11. The van der Waals surface area contributed by atoms with E-state index in [2.05, 4.69) is 6.92 Å². The number of halogens is 1. The molecule has 0 heterocycles. The highest BCUT2D eigenvalue weighted by Gasteiger charge is 2.11. The van der Waals surface area contributed by atoms with Crippen LogP contribution in [0.3, 0.4) is 0 Å². The van der Waals surface area contributed by atoms with E-state index < -0.39 is 0 Å². The highest BCUT2D eigenvalue weighted by molar-refractivity contribution is 6.33. The third-order valence-electron chi connectivity index (χ3n) is 2.29. The molecule has 1 aromatic rings. The van der Waals surface area contributed by atoms with Crippen LogP contribution in [-0.4, -0.2) is 12.6 Å². The van der Waals surface area contributed by atoms with E-state index in [0.717, 1.165) is 6.42 Å². The Kier molecular flexibility index (Phi) is 4.63. The van der Waals surface area contributed by atoms with Gasteiger partial charge in [-0.1, -0.05) is 44.0 Å². The van der Waals surface area contributed by atoms with Crippen molar-refractivity contribution >= 4 is 17.6 Å². The molecule has 0 aliphatic rings. The fourth-order valence-corrected chi connectivity index (χ4v) is 1.25. The first-order valence-corrected chi connectivity index (χ1v) is 5.44. The number of benzene rings is 1. The minimum Gasteiger partial charge on any atom is -0.462 e. The molecule has 0 N–H and O–H groups in total. The molecule has 1 aromatic carbocycles. The van der Waals surface area contributed by atoms with Crippen molar-refractivity contribution in [2.24, 2.45) is 5.92 Å². The van der Waals surface area contributed by atoms with Crippen LogP contribution in [0.5, 0.6) is 0 Å². The molecule has 0 aromatic heterocycles. The zero-order valence-corrected chi connectivity index (χ0v) is 9.75. The SMILES string of the molecule is CCC(C)COC(=O)c1ccccc1Cl. The molecule has 3 heteroatoms. The van der Waals surface area contributed by atoms with Gasteiger partial charge in [0, 0.05) is 0 Å². The van der Waals surface area contributed by atoms with E-state index in [1.165, 1.54) is 0 Å². The molecule has 0 radical (unpaired) electrons. The third-order valence-corrected chi connectivity index (χ3v) is 2.62. The second kappa shape index (κ2) is 5.76. The summed E-state index contributed by atoms with van der Waals surface area (Å²) in [5.74, 6) is 0.0392. The molecule has 0 amide bonds. The summed E-state index contributed by atoms with van der Waals surface area (Å²) in [4.78, 5) is 11.6. The first-order valence-electron chi connectivity index (χ1n) is 5.06. The second-order valence-electron chi connectivity index (χ2n) is 3.59. The smallest absolute Gasteiger partial charge is 0.339 e. The van der Waals surface area contributed by atoms with E-state index >= 15 is 0 Å². The van der Waals surface area contributed by atoms with Gasteiger partial charge in [-0.25, -0.2) is 4.79 Å².